The summed E-state index contributed by atoms with van der Waals surface area (Å²) in [6.45, 7) is 8.57. The molecule has 1 fully saturated rings. The Bertz CT molecular complexity index is 578. The summed E-state index contributed by atoms with van der Waals surface area (Å²) in [7, 11) is 0. The Labute approximate surface area is 138 Å². The van der Waals surface area contributed by atoms with Crippen molar-refractivity contribution in [2.45, 2.75) is 46.1 Å². The van der Waals surface area contributed by atoms with Crippen LogP contribution in [0.15, 0.2) is 24.3 Å². The van der Waals surface area contributed by atoms with Crippen molar-refractivity contribution in [1.82, 2.24) is 4.90 Å². The predicted octanol–water partition coefficient (Wildman–Crippen LogP) is 3.58. The first kappa shape index (κ1) is 17.3. The zero-order valence-electron chi connectivity index (χ0n) is 14.4. The van der Waals surface area contributed by atoms with Crippen LogP contribution in [0.1, 0.15) is 39.2 Å². The van der Waals surface area contributed by atoms with Gasteiger partial charge in [-0.25, -0.2) is 4.79 Å². The van der Waals surface area contributed by atoms with Crippen LogP contribution in [0.5, 0.6) is 0 Å². The minimum Gasteiger partial charge on any atom is -0.444 e. The topological polar surface area (TPSA) is 58.6 Å². The molecular formula is C18H26N2O3. The Morgan fingerprint density at radius 3 is 2.70 bits per heavy atom. The number of ether oxygens (including phenoxy) is 1. The average molecular weight is 318 g/mol. The van der Waals surface area contributed by atoms with Gasteiger partial charge in [0.2, 0.25) is 5.91 Å². The number of rotatable bonds is 2. The predicted molar refractivity (Wildman–Crippen MR) is 90.3 cm³/mol. The standard InChI is InChI=1S/C18H26N2O3/c1-13-7-5-9-15(11-13)19-16(21)14-8-6-10-20(12-14)17(22)23-18(2,3)4/h5,7,9,11,14H,6,8,10,12H2,1-4H3,(H,19,21). The number of hydrogen-bond donors (Lipinski definition) is 1. The first-order chi connectivity index (χ1) is 10.7. The molecule has 1 aromatic carbocycles. The van der Waals surface area contributed by atoms with Gasteiger partial charge in [-0.3, -0.25) is 4.79 Å². The van der Waals surface area contributed by atoms with Crippen LogP contribution < -0.4 is 5.32 Å². The molecule has 1 N–H and O–H groups in total. The maximum Gasteiger partial charge on any atom is 0.410 e. The summed E-state index contributed by atoms with van der Waals surface area (Å²) in [6.07, 6.45) is 1.26. The minimum atomic E-state index is -0.520. The number of nitrogens with zero attached hydrogens (tertiary/aromatic N) is 1. The van der Waals surface area contributed by atoms with E-state index in [1.54, 1.807) is 4.90 Å². The highest BCUT2D eigenvalue weighted by atomic mass is 16.6. The molecule has 5 nitrogen and oxygen atoms in total. The summed E-state index contributed by atoms with van der Waals surface area (Å²) >= 11 is 0. The molecule has 2 rings (SSSR count). The normalized spacial score (nSPS) is 18.4. The highest BCUT2D eigenvalue weighted by molar-refractivity contribution is 5.93. The SMILES string of the molecule is Cc1cccc(NC(=O)C2CCCN(C(=O)OC(C)(C)C)C2)c1. The van der Waals surface area contributed by atoms with Gasteiger partial charge in [-0.1, -0.05) is 12.1 Å². The van der Waals surface area contributed by atoms with Crippen LogP contribution in [-0.4, -0.2) is 35.6 Å². The van der Waals surface area contributed by atoms with Crippen LogP contribution in [0.4, 0.5) is 10.5 Å². The van der Waals surface area contributed by atoms with E-state index in [1.165, 1.54) is 0 Å². The first-order valence-corrected chi connectivity index (χ1v) is 8.10. The maximum atomic E-state index is 12.4. The number of likely N-dealkylation sites (tertiary alicyclic amines) is 1. The second kappa shape index (κ2) is 7.02. The number of amides is 2. The Morgan fingerprint density at radius 2 is 2.04 bits per heavy atom. The van der Waals surface area contributed by atoms with E-state index in [2.05, 4.69) is 5.32 Å². The van der Waals surface area contributed by atoms with Crippen molar-refractivity contribution >= 4 is 17.7 Å². The number of benzene rings is 1. The lowest BCUT2D eigenvalue weighted by Gasteiger charge is -2.33. The molecule has 1 unspecified atom stereocenters. The summed E-state index contributed by atoms with van der Waals surface area (Å²) in [5.41, 5.74) is 1.37. The van der Waals surface area contributed by atoms with Gasteiger partial charge in [-0.2, -0.15) is 0 Å². The lowest BCUT2D eigenvalue weighted by Crippen LogP contribution is -2.45. The molecule has 1 heterocycles. The van der Waals surface area contributed by atoms with E-state index in [9.17, 15) is 9.59 Å². The third-order valence-electron chi connectivity index (χ3n) is 3.73. The van der Waals surface area contributed by atoms with Crippen molar-refractivity contribution in [3.8, 4) is 0 Å². The fraction of sp³-hybridized carbons (Fsp3) is 0.556. The van der Waals surface area contributed by atoms with Gasteiger partial charge in [0.25, 0.3) is 0 Å². The fourth-order valence-electron chi connectivity index (χ4n) is 2.65. The number of anilines is 1. The van der Waals surface area contributed by atoms with Crippen LogP contribution in [0.25, 0.3) is 0 Å². The first-order valence-electron chi connectivity index (χ1n) is 8.10. The number of hydrogen-bond acceptors (Lipinski definition) is 3. The molecule has 23 heavy (non-hydrogen) atoms. The zero-order chi connectivity index (χ0) is 17.0. The quantitative estimate of drug-likeness (QED) is 0.906. The van der Waals surface area contributed by atoms with Crippen LogP contribution in [-0.2, 0) is 9.53 Å². The lowest BCUT2D eigenvalue weighted by atomic mass is 9.97. The maximum absolute atomic E-state index is 12.4. The molecule has 1 saturated heterocycles. The molecule has 1 aliphatic rings. The zero-order valence-corrected chi connectivity index (χ0v) is 14.4. The largest absolute Gasteiger partial charge is 0.444 e. The summed E-state index contributed by atoms with van der Waals surface area (Å²) in [6, 6.07) is 7.71. The third kappa shape index (κ3) is 5.27. The molecule has 5 heteroatoms. The molecule has 0 spiro atoms. The highest BCUT2D eigenvalue weighted by Gasteiger charge is 2.31. The van der Waals surface area contributed by atoms with E-state index in [1.807, 2.05) is 52.0 Å². The van der Waals surface area contributed by atoms with Crippen LogP contribution in [0.3, 0.4) is 0 Å². The van der Waals surface area contributed by atoms with Crippen molar-refractivity contribution in [1.29, 1.82) is 0 Å². The number of piperidine rings is 1. The van der Waals surface area contributed by atoms with E-state index < -0.39 is 5.60 Å². The van der Waals surface area contributed by atoms with E-state index in [4.69, 9.17) is 4.74 Å². The molecular weight excluding hydrogens is 292 g/mol. The Morgan fingerprint density at radius 1 is 1.30 bits per heavy atom. The second-order valence-corrected chi connectivity index (χ2v) is 7.12. The molecule has 0 bridgehead atoms. The van der Waals surface area contributed by atoms with Crippen molar-refractivity contribution in [3.05, 3.63) is 29.8 Å². The van der Waals surface area contributed by atoms with Crippen LogP contribution in [0.2, 0.25) is 0 Å². The molecule has 2 amide bonds. The molecule has 1 aliphatic heterocycles. The minimum absolute atomic E-state index is 0.0381. The molecule has 0 aliphatic carbocycles. The molecule has 0 radical (unpaired) electrons. The fourth-order valence-corrected chi connectivity index (χ4v) is 2.65. The van der Waals surface area contributed by atoms with Crippen molar-refractivity contribution in [2.75, 3.05) is 18.4 Å². The van der Waals surface area contributed by atoms with E-state index in [-0.39, 0.29) is 17.9 Å². The number of aryl methyl sites for hydroxylation is 1. The summed E-state index contributed by atoms with van der Waals surface area (Å²) < 4.78 is 5.39. The van der Waals surface area contributed by atoms with Gasteiger partial charge in [-0.15, -0.1) is 0 Å². The Balaban J connectivity index is 1.95. The molecule has 0 saturated carbocycles. The lowest BCUT2D eigenvalue weighted by molar-refractivity contribution is -0.121. The smallest absolute Gasteiger partial charge is 0.410 e. The summed E-state index contributed by atoms with van der Waals surface area (Å²) in [5, 5.41) is 2.94. The number of nitrogens with one attached hydrogen (secondary N) is 1. The molecule has 0 aromatic heterocycles. The van der Waals surface area contributed by atoms with Crippen molar-refractivity contribution in [3.63, 3.8) is 0 Å². The molecule has 126 valence electrons. The van der Waals surface area contributed by atoms with Gasteiger partial charge in [0.1, 0.15) is 5.60 Å². The third-order valence-corrected chi connectivity index (χ3v) is 3.73. The van der Waals surface area contributed by atoms with E-state index in [0.717, 1.165) is 24.1 Å². The van der Waals surface area contributed by atoms with Crippen molar-refractivity contribution < 1.29 is 14.3 Å². The number of carbonyl (C=O) groups excluding carboxylic acids is 2. The Kier molecular flexibility index (Phi) is 5.29. The van der Waals surface area contributed by atoms with E-state index >= 15 is 0 Å². The van der Waals surface area contributed by atoms with Gasteiger partial charge in [0.15, 0.2) is 0 Å². The monoisotopic (exact) mass is 318 g/mol. The van der Waals surface area contributed by atoms with Gasteiger partial charge < -0.3 is 15.0 Å². The second-order valence-electron chi connectivity index (χ2n) is 7.12. The van der Waals surface area contributed by atoms with Gasteiger partial charge in [0.05, 0.1) is 5.92 Å². The number of carbonyl (C=O) groups is 2. The summed E-state index contributed by atoms with van der Waals surface area (Å²) in [5.74, 6) is -0.236. The molecule has 1 atom stereocenters. The van der Waals surface area contributed by atoms with Gasteiger partial charge >= 0.3 is 6.09 Å². The van der Waals surface area contributed by atoms with Crippen LogP contribution >= 0.6 is 0 Å². The van der Waals surface area contributed by atoms with Gasteiger partial charge in [0, 0.05) is 18.8 Å². The average Bonchev–Trinajstić information content (AvgIpc) is 2.45. The van der Waals surface area contributed by atoms with E-state index in [0.29, 0.717) is 13.1 Å². The van der Waals surface area contributed by atoms with Gasteiger partial charge in [-0.05, 0) is 58.2 Å². The Hall–Kier alpha value is -2.04. The molecule has 1 aromatic rings. The summed E-state index contributed by atoms with van der Waals surface area (Å²) in [4.78, 5) is 26.2. The van der Waals surface area contributed by atoms with Crippen LogP contribution in [0, 0.1) is 12.8 Å². The highest BCUT2D eigenvalue weighted by Crippen LogP contribution is 2.21. The van der Waals surface area contributed by atoms with Crippen molar-refractivity contribution in [2.24, 2.45) is 5.92 Å².